The van der Waals surface area contributed by atoms with Crippen molar-refractivity contribution in [2.75, 3.05) is 7.11 Å². The number of nitrogens with zero attached hydrogens (tertiary/aromatic N) is 1. The van der Waals surface area contributed by atoms with Crippen LogP contribution in [-0.2, 0) is 4.74 Å². The lowest BCUT2D eigenvalue weighted by molar-refractivity contribution is 0.302. The number of hydrogen-bond donors (Lipinski definition) is 0. The van der Waals surface area contributed by atoms with E-state index in [2.05, 4.69) is 25.1 Å². The Morgan fingerprint density at radius 2 is 2.38 bits per heavy atom. The monoisotopic (exact) mass is 219 g/mol. The minimum Gasteiger partial charge on any atom is -0.496 e. The van der Waals surface area contributed by atoms with Crippen LogP contribution < -0.4 is 0 Å². The van der Waals surface area contributed by atoms with E-state index in [-0.39, 0.29) is 0 Å². The molecule has 0 aliphatic rings. The third-order valence-corrected chi connectivity index (χ3v) is 2.30. The maximum absolute atomic E-state index is 5.27. The van der Waals surface area contributed by atoms with Gasteiger partial charge in [-0.15, -0.1) is 0 Å². The van der Waals surface area contributed by atoms with Gasteiger partial charge in [-0.2, -0.15) is 0 Å². The Morgan fingerprint density at radius 3 is 2.81 bits per heavy atom. The lowest BCUT2D eigenvalue weighted by Gasteiger charge is -2.11. The van der Waals surface area contributed by atoms with E-state index >= 15 is 0 Å². The molecule has 0 N–H and O–H groups in total. The van der Waals surface area contributed by atoms with Gasteiger partial charge >= 0.3 is 0 Å². The SMILES string of the molecule is C=C/C(OC)=C(/CCC)C(=C)c1cnco1. The fourth-order valence-electron chi connectivity index (χ4n) is 1.52. The summed E-state index contributed by atoms with van der Waals surface area (Å²) >= 11 is 0. The first-order chi connectivity index (χ1) is 7.74. The molecule has 86 valence electrons. The first-order valence-corrected chi connectivity index (χ1v) is 5.22. The van der Waals surface area contributed by atoms with E-state index in [9.17, 15) is 0 Å². The van der Waals surface area contributed by atoms with E-state index in [1.807, 2.05) is 0 Å². The van der Waals surface area contributed by atoms with Crippen LogP contribution in [0, 0.1) is 0 Å². The molecule has 0 aliphatic heterocycles. The molecule has 0 radical (unpaired) electrons. The van der Waals surface area contributed by atoms with Crippen molar-refractivity contribution < 1.29 is 9.15 Å². The van der Waals surface area contributed by atoms with Crippen molar-refractivity contribution >= 4 is 5.57 Å². The second-order valence-corrected chi connectivity index (χ2v) is 3.35. The van der Waals surface area contributed by atoms with Crippen molar-refractivity contribution in [3.63, 3.8) is 0 Å². The molecule has 0 atom stereocenters. The first kappa shape index (κ1) is 12.3. The van der Waals surface area contributed by atoms with Gasteiger partial charge in [-0.05, 0) is 12.5 Å². The summed E-state index contributed by atoms with van der Waals surface area (Å²) in [5, 5.41) is 0. The van der Waals surface area contributed by atoms with Gasteiger partial charge in [0.15, 0.2) is 12.2 Å². The molecule has 0 aromatic carbocycles. The Labute approximate surface area is 96.1 Å². The zero-order valence-electron chi connectivity index (χ0n) is 9.82. The van der Waals surface area contributed by atoms with Crippen molar-refractivity contribution in [3.8, 4) is 0 Å². The highest BCUT2D eigenvalue weighted by molar-refractivity contribution is 5.75. The molecular weight excluding hydrogens is 202 g/mol. The molecule has 0 aliphatic carbocycles. The standard InChI is InChI=1S/C13H17NO2/c1-5-7-11(12(6-2)15-4)10(3)13-8-14-9-16-13/h6,8-9H,2-3,5,7H2,1,4H3/b12-11+. The minimum absolute atomic E-state index is 0.667. The van der Waals surface area contributed by atoms with E-state index in [1.54, 1.807) is 19.4 Å². The second kappa shape index (κ2) is 5.95. The molecule has 0 amide bonds. The average molecular weight is 219 g/mol. The third kappa shape index (κ3) is 2.63. The number of rotatable bonds is 6. The number of allylic oxidation sites excluding steroid dienone is 3. The largest absolute Gasteiger partial charge is 0.496 e. The predicted molar refractivity (Wildman–Crippen MR) is 64.7 cm³/mol. The third-order valence-electron chi connectivity index (χ3n) is 2.30. The molecule has 0 fully saturated rings. The first-order valence-electron chi connectivity index (χ1n) is 5.22. The number of ether oxygens (including phenoxy) is 1. The molecule has 0 unspecified atom stereocenters. The van der Waals surface area contributed by atoms with Crippen LogP contribution in [0.2, 0.25) is 0 Å². The van der Waals surface area contributed by atoms with Gasteiger partial charge in [0, 0.05) is 11.1 Å². The fourth-order valence-corrected chi connectivity index (χ4v) is 1.52. The minimum atomic E-state index is 0.667. The summed E-state index contributed by atoms with van der Waals surface area (Å²) in [6.45, 7) is 9.84. The van der Waals surface area contributed by atoms with Gasteiger partial charge < -0.3 is 9.15 Å². The van der Waals surface area contributed by atoms with Gasteiger partial charge in [0.25, 0.3) is 0 Å². The molecule has 0 spiro atoms. The molecule has 1 heterocycles. The highest BCUT2D eigenvalue weighted by Gasteiger charge is 2.12. The quantitative estimate of drug-likeness (QED) is 0.542. The molecular formula is C13H17NO2. The van der Waals surface area contributed by atoms with Gasteiger partial charge in [0.1, 0.15) is 5.76 Å². The van der Waals surface area contributed by atoms with Gasteiger partial charge in [0.2, 0.25) is 0 Å². The van der Waals surface area contributed by atoms with E-state index < -0.39 is 0 Å². The summed E-state index contributed by atoms with van der Waals surface area (Å²) < 4.78 is 10.5. The van der Waals surface area contributed by atoms with Crippen molar-refractivity contribution in [3.05, 3.63) is 48.9 Å². The van der Waals surface area contributed by atoms with E-state index in [4.69, 9.17) is 9.15 Å². The lowest BCUT2D eigenvalue weighted by atomic mass is 9.99. The topological polar surface area (TPSA) is 35.3 Å². The Morgan fingerprint density at radius 1 is 1.62 bits per heavy atom. The molecule has 1 aromatic rings. The van der Waals surface area contributed by atoms with Crippen molar-refractivity contribution in [1.29, 1.82) is 0 Å². The van der Waals surface area contributed by atoms with Crippen molar-refractivity contribution in [2.24, 2.45) is 0 Å². The second-order valence-electron chi connectivity index (χ2n) is 3.35. The summed E-state index contributed by atoms with van der Waals surface area (Å²) in [7, 11) is 1.63. The summed E-state index contributed by atoms with van der Waals surface area (Å²) in [5.41, 5.74) is 1.81. The van der Waals surface area contributed by atoms with Gasteiger partial charge in [-0.3, -0.25) is 0 Å². The maximum Gasteiger partial charge on any atom is 0.181 e. The molecule has 0 bridgehead atoms. The number of oxazole rings is 1. The van der Waals surface area contributed by atoms with E-state index in [0.29, 0.717) is 5.76 Å². The average Bonchev–Trinajstić information content (AvgIpc) is 2.82. The van der Waals surface area contributed by atoms with Crippen LogP contribution in [0.4, 0.5) is 0 Å². The van der Waals surface area contributed by atoms with Gasteiger partial charge in [-0.1, -0.05) is 26.5 Å². The zero-order chi connectivity index (χ0) is 12.0. The Kier molecular flexibility index (Phi) is 4.58. The van der Waals surface area contributed by atoms with E-state index in [1.165, 1.54) is 6.39 Å². The molecule has 1 rings (SSSR count). The highest BCUT2D eigenvalue weighted by Crippen LogP contribution is 2.28. The number of hydrogen-bond acceptors (Lipinski definition) is 3. The molecule has 1 aromatic heterocycles. The van der Waals surface area contributed by atoms with Crippen LogP contribution in [0.15, 0.2) is 47.6 Å². The van der Waals surface area contributed by atoms with Crippen LogP contribution in [0.3, 0.4) is 0 Å². The zero-order valence-corrected chi connectivity index (χ0v) is 9.82. The summed E-state index contributed by atoms with van der Waals surface area (Å²) in [4.78, 5) is 3.88. The summed E-state index contributed by atoms with van der Waals surface area (Å²) in [6.07, 6.45) is 6.60. The van der Waals surface area contributed by atoms with Crippen LogP contribution in [-0.4, -0.2) is 12.1 Å². The number of methoxy groups -OCH3 is 1. The highest BCUT2D eigenvalue weighted by atomic mass is 16.5. The van der Waals surface area contributed by atoms with Crippen molar-refractivity contribution in [1.82, 2.24) is 4.98 Å². The van der Waals surface area contributed by atoms with Crippen LogP contribution >= 0.6 is 0 Å². The number of aromatic nitrogens is 1. The van der Waals surface area contributed by atoms with Crippen LogP contribution in [0.1, 0.15) is 25.5 Å². The molecule has 16 heavy (non-hydrogen) atoms. The summed E-state index contributed by atoms with van der Waals surface area (Å²) in [6, 6.07) is 0. The Hall–Kier alpha value is -1.77. The molecule has 3 nitrogen and oxygen atoms in total. The van der Waals surface area contributed by atoms with E-state index in [0.717, 1.165) is 29.7 Å². The normalized spacial score (nSPS) is 11.9. The Balaban J connectivity index is 3.07. The smallest absolute Gasteiger partial charge is 0.181 e. The summed E-state index contributed by atoms with van der Waals surface area (Å²) in [5.74, 6) is 1.41. The molecule has 0 saturated carbocycles. The fraction of sp³-hybridized carbons (Fsp3) is 0.308. The molecule has 0 saturated heterocycles. The Bertz CT molecular complexity index is 388. The van der Waals surface area contributed by atoms with Gasteiger partial charge in [-0.25, -0.2) is 4.98 Å². The maximum atomic E-state index is 5.27. The van der Waals surface area contributed by atoms with Crippen molar-refractivity contribution in [2.45, 2.75) is 19.8 Å². The van der Waals surface area contributed by atoms with Crippen LogP contribution in [0.5, 0.6) is 0 Å². The lowest BCUT2D eigenvalue weighted by Crippen LogP contribution is -1.95. The predicted octanol–water partition coefficient (Wildman–Crippen LogP) is 3.57. The van der Waals surface area contributed by atoms with Crippen LogP contribution in [0.25, 0.3) is 5.57 Å². The molecule has 3 heteroatoms. The van der Waals surface area contributed by atoms with Gasteiger partial charge in [0.05, 0.1) is 13.3 Å².